The highest BCUT2D eigenvalue weighted by Crippen LogP contribution is 1.89. The molecule has 0 fully saturated rings. The van der Waals surface area contributed by atoms with E-state index < -0.39 is 0 Å². The zero-order valence-electron chi connectivity index (χ0n) is 7.18. The van der Waals surface area contributed by atoms with Crippen molar-refractivity contribution in [1.82, 2.24) is 0 Å². The minimum absolute atomic E-state index is 0.688. The van der Waals surface area contributed by atoms with E-state index in [1.165, 1.54) is 0 Å². The van der Waals surface area contributed by atoms with Crippen molar-refractivity contribution in [3.8, 4) is 12.3 Å². The van der Waals surface area contributed by atoms with E-state index in [2.05, 4.69) is 10.9 Å². The van der Waals surface area contributed by atoms with Gasteiger partial charge in [0.25, 0.3) is 0 Å². The van der Waals surface area contributed by atoms with Crippen LogP contribution in [0, 0.1) is 12.3 Å². The standard InChI is InChI=1S/C7H9N.C2H6/c1-4-7(5-2)8-6-3;1-2/h1,5-6H,2-3H3;1-2H3/b7-5-,8-6?;. The number of rotatable bonds is 1. The predicted octanol–water partition coefficient (Wildman–Crippen LogP) is 2.64. The third-order valence-corrected chi connectivity index (χ3v) is 0.690. The Kier molecular flexibility index (Phi) is 12.7. The van der Waals surface area contributed by atoms with Crippen molar-refractivity contribution in [2.24, 2.45) is 4.99 Å². The van der Waals surface area contributed by atoms with E-state index in [9.17, 15) is 0 Å². The van der Waals surface area contributed by atoms with Crippen molar-refractivity contribution >= 4 is 6.21 Å². The van der Waals surface area contributed by atoms with Crippen molar-refractivity contribution in [3.63, 3.8) is 0 Å². The number of allylic oxidation sites excluding steroid dienone is 2. The average molecular weight is 137 g/mol. The van der Waals surface area contributed by atoms with Gasteiger partial charge in [-0.1, -0.05) is 25.8 Å². The van der Waals surface area contributed by atoms with Crippen LogP contribution in [0.1, 0.15) is 27.7 Å². The SMILES string of the molecule is C#C/C(=C/C)N=CC.CC. The summed E-state index contributed by atoms with van der Waals surface area (Å²) in [6.45, 7) is 7.70. The first-order valence-electron chi connectivity index (χ1n) is 3.46. The molecule has 0 aromatic rings. The fourth-order valence-corrected chi connectivity index (χ4v) is 0.334. The monoisotopic (exact) mass is 137 g/mol. The molecule has 0 heterocycles. The summed E-state index contributed by atoms with van der Waals surface area (Å²) in [5.41, 5.74) is 0.688. The van der Waals surface area contributed by atoms with Crippen LogP contribution in [0.4, 0.5) is 0 Å². The highest BCUT2D eigenvalue weighted by Gasteiger charge is 1.76. The van der Waals surface area contributed by atoms with E-state index in [0.29, 0.717) is 5.70 Å². The molecule has 0 rings (SSSR count). The summed E-state index contributed by atoms with van der Waals surface area (Å²) < 4.78 is 0. The first-order chi connectivity index (χ1) is 4.85. The first-order valence-corrected chi connectivity index (χ1v) is 3.46. The topological polar surface area (TPSA) is 12.4 Å². The van der Waals surface area contributed by atoms with Crippen molar-refractivity contribution in [2.45, 2.75) is 27.7 Å². The number of nitrogens with zero attached hydrogens (tertiary/aromatic N) is 1. The largest absolute Gasteiger partial charge is 0.253 e. The minimum Gasteiger partial charge on any atom is -0.253 e. The average Bonchev–Trinajstić information content (AvgIpc) is 2.04. The van der Waals surface area contributed by atoms with Crippen LogP contribution in [-0.2, 0) is 0 Å². The number of terminal acetylenes is 1. The van der Waals surface area contributed by atoms with E-state index in [4.69, 9.17) is 6.42 Å². The Hall–Kier alpha value is -1.03. The molecule has 0 aromatic heterocycles. The Morgan fingerprint density at radius 2 is 1.90 bits per heavy atom. The van der Waals surface area contributed by atoms with Gasteiger partial charge in [0.15, 0.2) is 0 Å². The van der Waals surface area contributed by atoms with E-state index in [0.717, 1.165) is 0 Å². The predicted molar refractivity (Wildman–Crippen MR) is 48.1 cm³/mol. The molecule has 0 aliphatic heterocycles. The molecular weight excluding hydrogens is 122 g/mol. The van der Waals surface area contributed by atoms with Crippen LogP contribution in [-0.4, -0.2) is 6.21 Å². The van der Waals surface area contributed by atoms with Gasteiger partial charge in [-0.05, 0) is 13.8 Å². The van der Waals surface area contributed by atoms with Crippen molar-refractivity contribution in [1.29, 1.82) is 0 Å². The van der Waals surface area contributed by atoms with Gasteiger partial charge in [0.2, 0.25) is 0 Å². The van der Waals surface area contributed by atoms with Crippen molar-refractivity contribution in [3.05, 3.63) is 11.8 Å². The number of aliphatic imine (C=N–C) groups is 1. The number of hydrogen-bond donors (Lipinski definition) is 0. The maximum absolute atomic E-state index is 5.04. The lowest BCUT2D eigenvalue weighted by Gasteiger charge is -1.81. The summed E-state index contributed by atoms with van der Waals surface area (Å²) in [4.78, 5) is 3.86. The smallest absolute Gasteiger partial charge is 0.108 e. The van der Waals surface area contributed by atoms with Gasteiger partial charge in [-0.2, -0.15) is 0 Å². The molecule has 10 heavy (non-hydrogen) atoms. The quantitative estimate of drug-likeness (QED) is 0.389. The van der Waals surface area contributed by atoms with Crippen LogP contribution >= 0.6 is 0 Å². The second-order valence-electron chi connectivity index (χ2n) is 1.21. The lowest BCUT2D eigenvalue weighted by Crippen LogP contribution is -1.68. The van der Waals surface area contributed by atoms with E-state index in [-0.39, 0.29) is 0 Å². The van der Waals surface area contributed by atoms with Gasteiger partial charge in [0, 0.05) is 6.21 Å². The van der Waals surface area contributed by atoms with Crippen LogP contribution in [0.15, 0.2) is 16.8 Å². The molecule has 0 unspecified atom stereocenters. The van der Waals surface area contributed by atoms with Gasteiger partial charge >= 0.3 is 0 Å². The van der Waals surface area contributed by atoms with Crippen LogP contribution in [0.2, 0.25) is 0 Å². The highest BCUT2D eigenvalue weighted by atomic mass is 14.7. The minimum atomic E-state index is 0.688. The van der Waals surface area contributed by atoms with Crippen LogP contribution < -0.4 is 0 Å². The fourth-order valence-electron chi connectivity index (χ4n) is 0.334. The third kappa shape index (κ3) is 6.97. The first kappa shape index (κ1) is 11.7. The third-order valence-electron chi connectivity index (χ3n) is 0.690. The van der Waals surface area contributed by atoms with Crippen LogP contribution in [0.3, 0.4) is 0 Å². The molecule has 1 heteroatoms. The molecular formula is C9H15N. The molecule has 0 spiro atoms. The molecule has 0 bridgehead atoms. The summed E-state index contributed by atoms with van der Waals surface area (Å²) >= 11 is 0. The zero-order chi connectivity index (χ0) is 8.41. The van der Waals surface area contributed by atoms with Gasteiger partial charge in [-0.15, -0.1) is 6.42 Å². The highest BCUT2D eigenvalue weighted by molar-refractivity contribution is 5.56. The second-order valence-corrected chi connectivity index (χ2v) is 1.21. The summed E-state index contributed by atoms with van der Waals surface area (Å²) in [5, 5.41) is 0. The maximum Gasteiger partial charge on any atom is 0.108 e. The van der Waals surface area contributed by atoms with E-state index >= 15 is 0 Å². The van der Waals surface area contributed by atoms with E-state index in [1.54, 1.807) is 12.3 Å². The summed E-state index contributed by atoms with van der Waals surface area (Å²) in [7, 11) is 0. The molecule has 1 nitrogen and oxygen atoms in total. The van der Waals surface area contributed by atoms with Crippen molar-refractivity contribution in [2.75, 3.05) is 0 Å². The summed E-state index contributed by atoms with van der Waals surface area (Å²) in [5.74, 6) is 2.42. The Labute approximate surface area is 63.9 Å². The van der Waals surface area contributed by atoms with Crippen LogP contribution in [0.5, 0.6) is 0 Å². The Morgan fingerprint density at radius 3 is 2.00 bits per heavy atom. The van der Waals surface area contributed by atoms with Gasteiger partial charge in [0.05, 0.1) is 0 Å². The Morgan fingerprint density at radius 1 is 1.40 bits per heavy atom. The van der Waals surface area contributed by atoms with Crippen LogP contribution in [0.25, 0.3) is 0 Å². The van der Waals surface area contributed by atoms with Gasteiger partial charge < -0.3 is 0 Å². The summed E-state index contributed by atoms with van der Waals surface area (Å²) in [6, 6.07) is 0. The normalized spacial score (nSPS) is 10.1. The molecule has 0 saturated heterocycles. The molecule has 56 valence electrons. The molecule has 0 aromatic carbocycles. The Balaban J connectivity index is 0. The molecule has 0 saturated carbocycles. The molecule has 0 N–H and O–H groups in total. The second kappa shape index (κ2) is 10.9. The summed E-state index contributed by atoms with van der Waals surface area (Å²) in [6.07, 6.45) is 8.50. The number of hydrogen-bond acceptors (Lipinski definition) is 1. The lowest BCUT2D eigenvalue weighted by atomic mass is 10.4. The molecule has 0 amide bonds. The molecule has 0 aliphatic rings. The fraction of sp³-hybridized carbons (Fsp3) is 0.444. The lowest BCUT2D eigenvalue weighted by molar-refractivity contribution is 1.43. The molecule has 0 radical (unpaired) electrons. The Bertz CT molecular complexity index is 147. The maximum atomic E-state index is 5.04. The van der Waals surface area contributed by atoms with E-state index in [1.807, 2.05) is 27.7 Å². The van der Waals surface area contributed by atoms with Gasteiger partial charge in [-0.25, -0.2) is 0 Å². The molecule has 0 aliphatic carbocycles. The van der Waals surface area contributed by atoms with Gasteiger partial charge in [0.1, 0.15) is 5.70 Å². The molecule has 0 atom stereocenters. The van der Waals surface area contributed by atoms with Gasteiger partial charge in [-0.3, -0.25) is 4.99 Å². The van der Waals surface area contributed by atoms with Crippen molar-refractivity contribution < 1.29 is 0 Å². The zero-order valence-corrected chi connectivity index (χ0v) is 7.18.